The van der Waals surface area contributed by atoms with Crippen LogP contribution in [0.15, 0.2) is 0 Å². The van der Waals surface area contributed by atoms with Crippen LogP contribution < -0.4 is 27.0 Å². The summed E-state index contributed by atoms with van der Waals surface area (Å²) in [6, 6.07) is -4.22. The highest BCUT2D eigenvalue weighted by molar-refractivity contribution is 7.80. The predicted molar refractivity (Wildman–Crippen MR) is 119 cm³/mol. The second-order valence-electron chi connectivity index (χ2n) is 6.73. The Hall–Kier alpha value is -2.46. The van der Waals surface area contributed by atoms with E-state index in [-0.39, 0.29) is 25.3 Å². The first-order valence-electron chi connectivity index (χ1n) is 10.1. The third kappa shape index (κ3) is 15.1. The molecule has 0 aromatic heterocycles. The van der Waals surface area contributed by atoms with Gasteiger partial charge in [0.2, 0.25) is 17.7 Å². The number of hydrogen-bond acceptors (Lipinski definition) is 10. The van der Waals surface area contributed by atoms with E-state index in [1.807, 2.05) is 0 Å². The summed E-state index contributed by atoms with van der Waals surface area (Å²) in [7, 11) is 1.81. The number of carboxylic acids is 2. The molecule has 0 unspecified atom stereocenters. The molecule has 0 aliphatic carbocycles. The first-order valence-corrected chi connectivity index (χ1v) is 10.7. The summed E-state index contributed by atoms with van der Waals surface area (Å²) in [6.45, 7) is 1.84. The third-order valence-corrected chi connectivity index (χ3v) is 4.37. The van der Waals surface area contributed by atoms with Crippen molar-refractivity contribution in [1.82, 2.24) is 21.3 Å². The van der Waals surface area contributed by atoms with Crippen molar-refractivity contribution in [2.24, 2.45) is 5.73 Å². The normalized spacial score (nSPS) is 13.4. The largest absolute Gasteiger partial charge is 0.481 e. The fraction of sp³-hybridized carbons (Fsp3) is 0.722. The fourth-order valence-electron chi connectivity index (χ4n) is 2.19. The second kappa shape index (κ2) is 18.0. The number of carboxylic acid groups (broad SMARTS) is 2. The Labute approximate surface area is 196 Å². The van der Waals surface area contributed by atoms with Gasteiger partial charge in [-0.15, -0.1) is 0 Å². The van der Waals surface area contributed by atoms with Gasteiger partial charge >= 0.3 is 11.9 Å². The second-order valence-corrected chi connectivity index (χ2v) is 7.10. The number of nitrogens with one attached hydrogen (secondary N) is 4. The van der Waals surface area contributed by atoms with Gasteiger partial charge in [-0.3, -0.25) is 19.2 Å². The van der Waals surface area contributed by atoms with Gasteiger partial charge in [-0.05, 0) is 7.05 Å². The number of thiol groups is 1. The molecule has 0 bridgehead atoms. The molecule has 15 heteroatoms. The Morgan fingerprint density at radius 2 is 1.55 bits per heavy atom. The highest BCUT2D eigenvalue weighted by Gasteiger charge is 2.29. The molecule has 0 rings (SSSR count). The minimum Gasteiger partial charge on any atom is -0.481 e. The zero-order valence-corrected chi connectivity index (χ0v) is 19.3. The minimum absolute atomic E-state index is 0.0230. The summed E-state index contributed by atoms with van der Waals surface area (Å²) in [5.74, 6) is -5.36. The molecule has 0 aromatic rings. The average molecular weight is 496 g/mol. The summed E-state index contributed by atoms with van der Waals surface area (Å²) in [4.78, 5) is 58.2. The van der Waals surface area contributed by atoms with Crippen molar-refractivity contribution in [3.63, 3.8) is 0 Å². The van der Waals surface area contributed by atoms with Crippen LogP contribution in [0, 0.1) is 0 Å². The van der Waals surface area contributed by atoms with E-state index in [0.29, 0.717) is 19.8 Å². The van der Waals surface area contributed by atoms with Crippen LogP contribution in [0.1, 0.15) is 12.8 Å². The first kappa shape index (κ1) is 30.5. The number of likely N-dealkylation sites (N-methyl/N-ethyl adjacent to an activating group) is 1. The number of hydrogen-bond donors (Lipinski definition) is 8. The van der Waals surface area contributed by atoms with Gasteiger partial charge in [0.05, 0.1) is 32.8 Å². The number of rotatable bonds is 19. The number of ether oxygens (including phenoxy) is 2. The van der Waals surface area contributed by atoms with Crippen molar-refractivity contribution in [2.75, 3.05) is 52.3 Å². The van der Waals surface area contributed by atoms with Crippen molar-refractivity contribution in [1.29, 1.82) is 0 Å². The quantitative estimate of drug-likeness (QED) is 0.0650. The Kier molecular flexibility index (Phi) is 16.7. The van der Waals surface area contributed by atoms with Gasteiger partial charge in [-0.1, -0.05) is 0 Å². The van der Waals surface area contributed by atoms with E-state index in [1.165, 1.54) is 0 Å². The maximum absolute atomic E-state index is 12.2. The highest BCUT2D eigenvalue weighted by Crippen LogP contribution is 1.98. The lowest BCUT2D eigenvalue weighted by molar-refractivity contribution is -0.143. The van der Waals surface area contributed by atoms with Crippen LogP contribution in [0.25, 0.3) is 0 Å². The smallest absolute Gasteiger partial charge is 0.327 e. The number of carbonyl (C=O) groups excluding carboxylic acids is 3. The molecular weight excluding hydrogens is 462 g/mol. The van der Waals surface area contributed by atoms with E-state index in [2.05, 4.69) is 33.9 Å². The summed E-state index contributed by atoms with van der Waals surface area (Å²) < 4.78 is 10.5. The molecular formula is C18H33N5O9S. The van der Waals surface area contributed by atoms with E-state index >= 15 is 0 Å². The van der Waals surface area contributed by atoms with Crippen molar-refractivity contribution >= 4 is 42.3 Å². The monoisotopic (exact) mass is 495 g/mol. The fourth-order valence-corrected chi connectivity index (χ4v) is 2.43. The van der Waals surface area contributed by atoms with E-state index < -0.39 is 54.2 Å². The van der Waals surface area contributed by atoms with Crippen molar-refractivity contribution < 1.29 is 43.7 Å². The summed E-state index contributed by atoms with van der Waals surface area (Å²) >= 11 is 3.79. The van der Waals surface area contributed by atoms with Gasteiger partial charge in [-0.25, -0.2) is 4.79 Å². The van der Waals surface area contributed by atoms with Crippen LogP contribution in [-0.2, 0) is 33.4 Å². The van der Waals surface area contributed by atoms with Crippen LogP contribution in [-0.4, -0.2) is 110 Å². The van der Waals surface area contributed by atoms with Gasteiger partial charge in [0.15, 0.2) is 0 Å². The molecule has 0 heterocycles. The Morgan fingerprint density at radius 1 is 0.939 bits per heavy atom. The summed E-state index contributed by atoms with van der Waals surface area (Å²) in [5.41, 5.74) is 5.69. The predicted octanol–water partition coefficient (Wildman–Crippen LogP) is -3.47. The number of nitrogens with two attached hydrogens (primary N) is 1. The van der Waals surface area contributed by atoms with Crippen molar-refractivity contribution in [3.05, 3.63) is 0 Å². The van der Waals surface area contributed by atoms with Crippen LogP contribution in [0.3, 0.4) is 0 Å². The Morgan fingerprint density at radius 3 is 2.09 bits per heavy atom. The molecule has 3 amide bonds. The standard InChI is InChI=1S/C18H33N5O9S/c1-20-3-5-32-7-6-31-4-2-14(24)21-9-11(19)16(27)22-12(8-15(25)26)17(28)23-13(10-33)18(29)30/h11-13,20,33H,2-10,19H2,1H3,(H,21,24)(H,22,27)(H,23,28)(H,25,26)(H,29,30)/t11-,12-,13-/m0/s1. The maximum Gasteiger partial charge on any atom is 0.327 e. The lowest BCUT2D eigenvalue weighted by atomic mass is 10.1. The van der Waals surface area contributed by atoms with E-state index in [0.717, 1.165) is 6.54 Å². The highest BCUT2D eigenvalue weighted by atomic mass is 32.1. The van der Waals surface area contributed by atoms with E-state index in [1.54, 1.807) is 7.05 Å². The number of aliphatic carboxylic acids is 2. The first-order chi connectivity index (χ1) is 15.6. The minimum atomic E-state index is -1.57. The molecule has 0 aliphatic rings. The molecule has 190 valence electrons. The van der Waals surface area contributed by atoms with Gasteiger partial charge < -0.3 is 46.7 Å². The lowest BCUT2D eigenvalue weighted by Gasteiger charge is -2.21. The molecule has 0 spiro atoms. The van der Waals surface area contributed by atoms with Crippen molar-refractivity contribution in [3.8, 4) is 0 Å². The topological polar surface area (TPSA) is 218 Å². The Bertz CT molecular complexity index is 653. The molecule has 0 radical (unpaired) electrons. The van der Waals surface area contributed by atoms with Crippen LogP contribution >= 0.6 is 12.6 Å². The van der Waals surface area contributed by atoms with Crippen molar-refractivity contribution in [2.45, 2.75) is 31.0 Å². The summed E-state index contributed by atoms with van der Waals surface area (Å²) in [5, 5.41) is 27.5. The van der Waals surface area contributed by atoms with Gasteiger partial charge in [0, 0.05) is 25.3 Å². The number of carbonyl (C=O) groups is 5. The average Bonchev–Trinajstić information content (AvgIpc) is 2.76. The molecule has 0 saturated carbocycles. The molecule has 14 nitrogen and oxygen atoms in total. The SMILES string of the molecule is CNCCOCCOCCC(=O)NC[C@H](N)C(=O)N[C@@H](CC(=O)O)C(=O)N[C@@H](CS)C(=O)O. The third-order valence-electron chi connectivity index (χ3n) is 4.01. The van der Waals surface area contributed by atoms with Gasteiger partial charge in [-0.2, -0.15) is 12.6 Å². The molecule has 0 aromatic carbocycles. The zero-order chi connectivity index (χ0) is 25.2. The zero-order valence-electron chi connectivity index (χ0n) is 18.4. The van der Waals surface area contributed by atoms with Gasteiger partial charge in [0.25, 0.3) is 0 Å². The van der Waals surface area contributed by atoms with Crippen LogP contribution in [0.5, 0.6) is 0 Å². The van der Waals surface area contributed by atoms with Crippen LogP contribution in [0.2, 0.25) is 0 Å². The van der Waals surface area contributed by atoms with Crippen LogP contribution in [0.4, 0.5) is 0 Å². The molecule has 0 fully saturated rings. The summed E-state index contributed by atoms with van der Waals surface area (Å²) in [6.07, 6.45) is -0.777. The van der Waals surface area contributed by atoms with E-state index in [4.69, 9.17) is 25.4 Å². The Balaban J connectivity index is 4.41. The molecule has 3 atom stereocenters. The molecule has 33 heavy (non-hydrogen) atoms. The molecule has 8 N–H and O–H groups in total. The molecule has 0 aliphatic heterocycles. The van der Waals surface area contributed by atoms with E-state index in [9.17, 15) is 24.0 Å². The maximum atomic E-state index is 12.2. The molecule has 0 saturated heterocycles. The lowest BCUT2D eigenvalue weighted by Crippen LogP contribution is -2.57. The number of amides is 3. The van der Waals surface area contributed by atoms with Gasteiger partial charge in [0.1, 0.15) is 18.1 Å².